The van der Waals surface area contributed by atoms with Crippen molar-refractivity contribution in [3.63, 3.8) is 0 Å². The van der Waals surface area contributed by atoms with Gasteiger partial charge in [0.2, 0.25) is 0 Å². The van der Waals surface area contributed by atoms with Crippen molar-refractivity contribution in [2.75, 3.05) is 7.11 Å². The highest BCUT2D eigenvalue weighted by Gasteiger charge is 2.22. The molecule has 0 spiro atoms. The quantitative estimate of drug-likeness (QED) is 0.486. The highest BCUT2D eigenvalue weighted by Crippen LogP contribution is 2.30. The Kier molecular flexibility index (Phi) is 5.16. The van der Waals surface area contributed by atoms with E-state index in [0.717, 1.165) is 0 Å². The Morgan fingerprint density at radius 3 is 2.48 bits per heavy atom. The molecule has 3 rings (SSSR count). The van der Waals surface area contributed by atoms with Crippen molar-refractivity contribution in [2.45, 2.75) is 26.9 Å². The molecular weight excluding hydrogens is 348 g/mol. The second-order valence-electron chi connectivity index (χ2n) is 6.24. The average molecular weight is 368 g/mol. The third-order valence-corrected chi connectivity index (χ3v) is 3.92. The molecule has 6 heteroatoms. The predicted molar refractivity (Wildman–Crippen MR) is 99.5 cm³/mol. The molecule has 0 aliphatic heterocycles. The van der Waals surface area contributed by atoms with E-state index in [1.807, 2.05) is 0 Å². The van der Waals surface area contributed by atoms with E-state index >= 15 is 0 Å². The summed E-state index contributed by atoms with van der Waals surface area (Å²) in [7, 11) is 1.49. The van der Waals surface area contributed by atoms with Crippen LogP contribution in [0.3, 0.4) is 0 Å². The number of fused-ring (bicyclic) bond motifs is 1. The van der Waals surface area contributed by atoms with Crippen LogP contribution in [0.15, 0.2) is 46.9 Å². The van der Waals surface area contributed by atoms with E-state index in [1.54, 1.807) is 63.2 Å². The molecule has 0 aliphatic carbocycles. The van der Waals surface area contributed by atoms with Crippen LogP contribution in [0.4, 0.5) is 0 Å². The van der Waals surface area contributed by atoms with Crippen LogP contribution in [0.1, 0.15) is 40.3 Å². The van der Waals surface area contributed by atoms with Gasteiger partial charge in [0.05, 0.1) is 13.2 Å². The number of para-hydroxylation sites is 1. The minimum absolute atomic E-state index is 0.256. The van der Waals surface area contributed by atoms with Crippen molar-refractivity contribution in [2.24, 2.45) is 0 Å². The Labute approximate surface area is 156 Å². The summed E-state index contributed by atoms with van der Waals surface area (Å²) in [5.74, 6) is 0.123. The van der Waals surface area contributed by atoms with Crippen LogP contribution in [0, 0.1) is 6.92 Å². The van der Waals surface area contributed by atoms with Gasteiger partial charge in [-0.2, -0.15) is 0 Å². The van der Waals surface area contributed by atoms with Crippen molar-refractivity contribution in [3.8, 4) is 11.5 Å². The second kappa shape index (κ2) is 7.53. The van der Waals surface area contributed by atoms with E-state index in [9.17, 15) is 9.59 Å². The molecule has 2 aromatic carbocycles. The maximum Gasteiger partial charge on any atom is 0.347 e. The summed E-state index contributed by atoms with van der Waals surface area (Å²) >= 11 is 0. The van der Waals surface area contributed by atoms with Crippen molar-refractivity contribution in [3.05, 3.63) is 59.4 Å². The summed E-state index contributed by atoms with van der Waals surface area (Å²) in [6, 6.07) is 11.6. The smallest absolute Gasteiger partial charge is 0.347 e. The molecule has 1 aromatic heterocycles. The molecule has 3 aromatic rings. The lowest BCUT2D eigenvalue weighted by Crippen LogP contribution is -2.12. The predicted octanol–water partition coefficient (Wildman–Crippen LogP) is 4.53. The number of methoxy groups -OCH3 is 1. The molecule has 6 nitrogen and oxygen atoms in total. The van der Waals surface area contributed by atoms with E-state index < -0.39 is 11.9 Å². The molecule has 27 heavy (non-hydrogen) atoms. The molecule has 0 atom stereocenters. The highest BCUT2D eigenvalue weighted by molar-refractivity contribution is 6.05. The van der Waals surface area contributed by atoms with Gasteiger partial charge in [0.1, 0.15) is 34.0 Å². The lowest BCUT2D eigenvalue weighted by Gasteiger charge is -2.09. The Balaban J connectivity index is 1.94. The van der Waals surface area contributed by atoms with Crippen LogP contribution in [0.2, 0.25) is 0 Å². The van der Waals surface area contributed by atoms with Crippen LogP contribution in [-0.4, -0.2) is 25.2 Å². The van der Waals surface area contributed by atoms with Gasteiger partial charge in [-0.25, -0.2) is 9.59 Å². The summed E-state index contributed by atoms with van der Waals surface area (Å²) in [6.45, 7) is 5.24. The summed E-state index contributed by atoms with van der Waals surface area (Å²) in [5, 5.41) is 0.531. The largest absolute Gasteiger partial charge is 0.496 e. The molecule has 0 amide bonds. The number of hydrogen-bond acceptors (Lipinski definition) is 6. The first kappa shape index (κ1) is 18.5. The summed E-state index contributed by atoms with van der Waals surface area (Å²) in [4.78, 5) is 24.9. The summed E-state index contributed by atoms with van der Waals surface area (Å²) in [5.41, 5.74) is 1.15. The fraction of sp³-hybridized carbons (Fsp3) is 0.238. The normalized spacial score (nSPS) is 10.9. The van der Waals surface area contributed by atoms with Crippen molar-refractivity contribution in [1.29, 1.82) is 0 Å². The molecule has 1 heterocycles. The van der Waals surface area contributed by atoms with E-state index in [4.69, 9.17) is 18.6 Å². The zero-order valence-corrected chi connectivity index (χ0v) is 15.6. The van der Waals surface area contributed by atoms with E-state index in [2.05, 4.69) is 0 Å². The molecule has 0 saturated heterocycles. The van der Waals surface area contributed by atoms with E-state index in [0.29, 0.717) is 33.6 Å². The van der Waals surface area contributed by atoms with Gasteiger partial charge in [-0.05, 0) is 51.1 Å². The van der Waals surface area contributed by atoms with Crippen LogP contribution in [0.25, 0.3) is 11.0 Å². The van der Waals surface area contributed by atoms with Crippen LogP contribution in [-0.2, 0) is 4.74 Å². The zero-order valence-electron chi connectivity index (χ0n) is 15.6. The topological polar surface area (TPSA) is 75.0 Å². The number of rotatable bonds is 5. The first-order chi connectivity index (χ1) is 12.9. The zero-order chi connectivity index (χ0) is 19.6. The van der Waals surface area contributed by atoms with Gasteiger partial charge in [-0.1, -0.05) is 12.1 Å². The van der Waals surface area contributed by atoms with Gasteiger partial charge in [0.25, 0.3) is 0 Å². The molecule has 0 N–H and O–H groups in total. The Bertz CT molecular complexity index is 999. The molecule has 0 fully saturated rings. The van der Waals surface area contributed by atoms with Crippen molar-refractivity contribution >= 4 is 22.9 Å². The summed E-state index contributed by atoms with van der Waals surface area (Å²) < 4.78 is 21.6. The number of furan rings is 1. The van der Waals surface area contributed by atoms with Crippen LogP contribution < -0.4 is 9.47 Å². The molecule has 0 aliphatic rings. The maximum absolute atomic E-state index is 12.5. The minimum atomic E-state index is -0.557. The third-order valence-electron chi connectivity index (χ3n) is 3.92. The van der Waals surface area contributed by atoms with Gasteiger partial charge in [-0.15, -0.1) is 0 Å². The first-order valence-electron chi connectivity index (χ1n) is 8.50. The fourth-order valence-corrected chi connectivity index (χ4v) is 2.76. The number of aryl methyl sites for hydroxylation is 1. The highest BCUT2D eigenvalue weighted by atomic mass is 16.5. The van der Waals surface area contributed by atoms with E-state index in [-0.39, 0.29) is 11.9 Å². The SMILES string of the molecule is COc1ccccc1C(=O)Oc1ccc2oc(C)c(C(=O)OC(C)C)c2c1. The number of esters is 2. The fourth-order valence-electron chi connectivity index (χ4n) is 2.76. The number of carbonyl (C=O) groups excluding carboxylic acids is 2. The van der Waals surface area contributed by atoms with Gasteiger partial charge >= 0.3 is 11.9 Å². The maximum atomic E-state index is 12.5. The number of ether oxygens (including phenoxy) is 3. The molecule has 0 bridgehead atoms. The lowest BCUT2D eigenvalue weighted by molar-refractivity contribution is 0.0378. The lowest BCUT2D eigenvalue weighted by atomic mass is 10.1. The number of benzene rings is 2. The molecular formula is C21H20O6. The third kappa shape index (κ3) is 3.79. The van der Waals surface area contributed by atoms with Crippen LogP contribution in [0.5, 0.6) is 11.5 Å². The van der Waals surface area contributed by atoms with Gasteiger partial charge in [0.15, 0.2) is 0 Å². The second-order valence-corrected chi connectivity index (χ2v) is 6.24. The first-order valence-corrected chi connectivity index (χ1v) is 8.50. The van der Waals surface area contributed by atoms with Crippen molar-refractivity contribution < 1.29 is 28.2 Å². The van der Waals surface area contributed by atoms with Gasteiger partial charge in [-0.3, -0.25) is 0 Å². The van der Waals surface area contributed by atoms with Gasteiger partial charge < -0.3 is 18.6 Å². The standard InChI is InChI=1S/C21H20O6/c1-12(2)25-21(23)19-13(3)26-18-10-9-14(11-16(18)19)27-20(22)15-7-5-6-8-17(15)24-4/h5-12H,1-4H3. The average Bonchev–Trinajstić information content (AvgIpc) is 2.96. The Morgan fingerprint density at radius 1 is 1.04 bits per heavy atom. The molecule has 0 radical (unpaired) electrons. The molecule has 140 valence electrons. The Morgan fingerprint density at radius 2 is 1.78 bits per heavy atom. The van der Waals surface area contributed by atoms with Crippen molar-refractivity contribution in [1.82, 2.24) is 0 Å². The minimum Gasteiger partial charge on any atom is -0.496 e. The Hall–Kier alpha value is -3.28. The molecule has 0 saturated carbocycles. The summed E-state index contributed by atoms with van der Waals surface area (Å²) in [6.07, 6.45) is -0.256. The van der Waals surface area contributed by atoms with E-state index in [1.165, 1.54) is 7.11 Å². The van der Waals surface area contributed by atoms with Crippen LogP contribution >= 0.6 is 0 Å². The number of hydrogen-bond donors (Lipinski definition) is 0. The molecule has 0 unspecified atom stereocenters. The monoisotopic (exact) mass is 368 g/mol. The van der Waals surface area contributed by atoms with Gasteiger partial charge in [0, 0.05) is 5.39 Å². The number of carbonyl (C=O) groups is 2.